The van der Waals surface area contributed by atoms with Crippen LogP contribution in [0, 0.1) is 19.8 Å². The molecule has 1 heteroatoms. The summed E-state index contributed by atoms with van der Waals surface area (Å²) in [4.78, 5) is 0. The van der Waals surface area contributed by atoms with E-state index in [0.29, 0.717) is 5.92 Å². The van der Waals surface area contributed by atoms with Crippen LogP contribution in [0.5, 0.6) is 0 Å². The Hall–Kier alpha value is -0.820. The van der Waals surface area contributed by atoms with Crippen LogP contribution in [0.3, 0.4) is 0 Å². The van der Waals surface area contributed by atoms with Gasteiger partial charge in [0.05, 0.1) is 6.10 Å². The lowest BCUT2D eigenvalue weighted by molar-refractivity contribution is 0.114. The van der Waals surface area contributed by atoms with E-state index in [1.807, 2.05) is 0 Å². The fraction of sp³-hybridized carbons (Fsp3) is 0.600. The van der Waals surface area contributed by atoms with E-state index in [4.69, 9.17) is 0 Å². The van der Waals surface area contributed by atoms with Crippen LogP contribution in [0.2, 0.25) is 0 Å². The van der Waals surface area contributed by atoms with Crippen LogP contribution >= 0.6 is 0 Å². The minimum Gasteiger partial charge on any atom is -0.393 e. The molecule has 1 rings (SSSR count). The monoisotopic (exact) mass is 220 g/mol. The number of rotatable bonds is 5. The van der Waals surface area contributed by atoms with Gasteiger partial charge in [-0.05, 0) is 50.2 Å². The summed E-state index contributed by atoms with van der Waals surface area (Å²) < 4.78 is 0. The summed E-state index contributed by atoms with van der Waals surface area (Å²) in [6.07, 6.45) is 2.91. The molecule has 0 aliphatic rings. The average Bonchev–Trinajstić information content (AvgIpc) is 2.22. The maximum absolute atomic E-state index is 9.73. The second-order valence-corrected chi connectivity index (χ2v) is 5.13. The Balaban J connectivity index is 2.45. The maximum Gasteiger partial charge on any atom is 0.0563 e. The molecule has 0 aromatic heterocycles. The van der Waals surface area contributed by atoms with Crippen molar-refractivity contribution in [2.45, 2.75) is 53.1 Å². The summed E-state index contributed by atoms with van der Waals surface area (Å²) in [5, 5.41) is 9.73. The van der Waals surface area contributed by atoms with E-state index in [-0.39, 0.29) is 6.10 Å². The summed E-state index contributed by atoms with van der Waals surface area (Å²) in [6, 6.07) is 6.60. The van der Waals surface area contributed by atoms with E-state index >= 15 is 0 Å². The van der Waals surface area contributed by atoms with Gasteiger partial charge in [-0.15, -0.1) is 0 Å². The number of hydrogen-bond acceptors (Lipinski definition) is 1. The molecule has 0 aliphatic heterocycles. The van der Waals surface area contributed by atoms with E-state index in [1.165, 1.54) is 16.7 Å². The summed E-state index contributed by atoms with van der Waals surface area (Å²) >= 11 is 0. The van der Waals surface area contributed by atoms with Crippen molar-refractivity contribution in [3.8, 4) is 0 Å². The third-order valence-corrected chi connectivity index (χ3v) is 3.22. The van der Waals surface area contributed by atoms with E-state index in [0.717, 1.165) is 19.3 Å². The fourth-order valence-corrected chi connectivity index (χ4v) is 1.90. The van der Waals surface area contributed by atoms with Crippen LogP contribution in [-0.2, 0) is 6.42 Å². The maximum atomic E-state index is 9.73. The van der Waals surface area contributed by atoms with Crippen LogP contribution < -0.4 is 0 Å². The molecule has 0 spiro atoms. The molecule has 0 saturated heterocycles. The minimum atomic E-state index is -0.148. The topological polar surface area (TPSA) is 20.2 Å². The van der Waals surface area contributed by atoms with Crippen molar-refractivity contribution in [2.75, 3.05) is 0 Å². The van der Waals surface area contributed by atoms with Crippen molar-refractivity contribution in [1.29, 1.82) is 0 Å². The number of aliphatic hydroxyl groups is 1. The molecule has 0 radical (unpaired) electrons. The standard InChI is InChI=1S/C15H24O/c1-11(2)15(16)7-5-6-14-10-12(3)8-9-13(14)4/h8-11,15-16H,5-7H2,1-4H3. The van der Waals surface area contributed by atoms with E-state index in [1.54, 1.807) is 0 Å². The van der Waals surface area contributed by atoms with Gasteiger partial charge in [-0.25, -0.2) is 0 Å². The molecule has 1 unspecified atom stereocenters. The SMILES string of the molecule is Cc1ccc(C)c(CCCC(O)C(C)C)c1. The molecule has 0 saturated carbocycles. The first kappa shape index (κ1) is 13.2. The molecule has 1 aromatic rings. The molecule has 1 atom stereocenters. The molecule has 0 bridgehead atoms. The third kappa shape index (κ3) is 3.97. The summed E-state index contributed by atoms with van der Waals surface area (Å²) in [5.41, 5.74) is 4.12. The minimum absolute atomic E-state index is 0.148. The highest BCUT2D eigenvalue weighted by molar-refractivity contribution is 5.30. The van der Waals surface area contributed by atoms with Gasteiger partial charge in [-0.1, -0.05) is 37.6 Å². The molecular formula is C15H24O. The van der Waals surface area contributed by atoms with Gasteiger partial charge in [0.15, 0.2) is 0 Å². The molecule has 0 aliphatic carbocycles. The van der Waals surface area contributed by atoms with Gasteiger partial charge in [0.1, 0.15) is 0 Å². The molecule has 1 aromatic carbocycles. The molecule has 0 amide bonds. The van der Waals surface area contributed by atoms with Crippen molar-refractivity contribution >= 4 is 0 Å². The Bertz CT molecular complexity index is 328. The molecular weight excluding hydrogens is 196 g/mol. The predicted octanol–water partition coefficient (Wildman–Crippen LogP) is 3.64. The first-order chi connectivity index (χ1) is 7.50. The Morgan fingerprint density at radius 2 is 1.88 bits per heavy atom. The average molecular weight is 220 g/mol. The van der Waals surface area contributed by atoms with Gasteiger partial charge < -0.3 is 5.11 Å². The number of aliphatic hydroxyl groups excluding tert-OH is 1. The normalized spacial score (nSPS) is 13.1. The van der Waals surface area contributed by atoms with Crippen LogP contribution in [0.15, 0.2) is 18.2 Å². The smallest absolute Gasteiger partial charge is 0.0563 e. The quantitative estimate of drug-likeness (QED) is 0.803. The lowest BCUT2D eigenvalue weighted by Crippen LogP contribution is -2.14. The molecule has 90 valence electrons. The molecule has 1 nitrogen and oxygen atoms in total. The lowest BCUT2D eigenvalue weighted by Gasteiger charge is -2.14. The Morgan fingerprint density at radius 3 is 2.50 bits per heavy atom. The van der Waals surface area contributed by atoms with Gasteiger partial charge >= 0.3 is 0 Å². The van der Waals surface area contributed by atoms with Crippen molar-refractivity contribution < 1.29 is 5.11 Å². The predicted molar refractivity (Wildman–Crippen MR) is 69.7 cm³/mol. The Kier molecular flexibility index (Phi) is 5.01. The zero-order valence-corrected chi connectivity index (χ0v) is 11.0. The van der Waals surface area contributed by atoms with Crippen LogP contribution in [0.4, 0.5) is 0 Å². The number of hydrogen-bond donors (Lipinski definition) is 1. The van der Waals surface area contributed by atoms with Gasteiger partial charge in [0.25, 0.3) is 0 Å². The highest BCUT2D eigenvalue weighted by Gasteiger charge is 2.08. The Morgan fingerprint density at radius 1 is 1.19 bits per heavy atom. The third-order valence-electron chi connectivity index (χ3n) is 3.22. The largest absolute Gasteiger partial charge is 0.393 e. The van der Waals surface area contributed by atoms with Gasteiger partial charge in [-0.2, -0.15) is 0 Å². The first-order valence-corrected chi connectivity index (χ1v) is 6.25. The molecule has 0 fully saturated rings. The second kappa shape index (κ2) is 6.05. The van der Waals surface area contributed by atoms with Gasteiger partial charge in [-0.3, -0.25) is 0 Å². The van der Waals surface area contributed by atoms with E-state index in [2.05, 4.69) is 45.9 Å². The van der Waals surface area contributed by atoms with E-state index < -0.39 is 0 Å². The zero-order valence-electron chi connectivity index (χ0n) is 11.0. The van der Waals surface area contributed by atoms with Crippen LogP contribution in [0.1, 0.15) is 43.4 Å². The molecule has 0 heterocycles. The number of aryl methyl sites for hydroxylation is 3. The zero-order chi connectivity index (χ0) is 12.1. The van der Waals surface area contributed by atoms with Crippen LogP contribution in [-0.4, -0.2) is 11.2 Å². The fourth-order valence-electron chi connectivity index (χ4n) is 1.90. The van der Waals surface area contributed by atoms with Crippen molar-refractivity contribution in [3.05, 3.63) is 34.9 Å². The van der Waals surface area contributed by atoms with E-state index in [9.17, 15) is 5.11 Å². The highest BCUT2D eigenvalue weighted by atomic mass is 16.3. The summed E-state index contributed by atoms with van der Waals surface area (Å²) in [5.74, 6) is 0.374. The van der Waals surface area contributed by atoms with Crippen LogP contribution in [0.25, 0.3) is 0 Å². The van der Waals surface area contributed by atoms with Crippen molar-refractivity contribution in [2.24, 2.45) is 5.92 Å². The first-order valence-electron chi connectivity index (χ1n) is 6.25. The second-order valence-electron chi connectivity index (χ2n) is 5.13. The molecule has 16 heavy (non-hydrogen) atoms. The summed E-state index contributed by atoms with van der Waals surface area (Å²) in [7, 11) is 0. The Labute approximate surface area is 99.5 Å². The van der Waals surface area contributed by atoms with Crippen molar-refractivity contribution in [3.63, 3.8) is 0 Å². The van der Waals surface area contributed by atoms with Gasteiger partial charge in [0.2, 0.25) is 0 Å². The highest BCUT2D eigenvalue weighted by Crippen LogP contribution is 2.15. The molecule has 1 N–H and O–H groups in total. The summed E-state index contributed by atoms with van der Waals surface area (Å²) in [6.45, 7) is 8.44. The van der Waals surface area contributed by atoms with Gasteiger partial charge in [0, 0.05) is 0 Å². The van der Waals surface area contributed by atoms with Crippen molar-refractivity contribution in [1.82, 2.24) is 0 Å². The lowest BCUT2D eigenvalue weighted by atomic mass is 9.97. The number of benzene rings is 1.